The number of aromatic nitrogens is 2. The van der Waals surface area contributed by atoms with Crippen LogP contribution in [0, 0.1) is 5.92 Å². The molecule has 0 spiro atoms. The van der Waals surface area contributed by atoms with Crippen LogP contribution in [0.3, 0.4) is 0 Å². The van der Waals surface area contributed by atoms with Gasteiger partial charge in [0.15, 0.2) is 0 Å². The predicted molar refractivity (Wildman–Crippen MR) is 62.1 cm³/mol. The molecule has 1 fully saturated rings. The molecule has 1 N–H and O–H groups in total. The molecule has 1 aromatic heterocycles. The maximum Gasteiger partial charge on any atom is 0.140 e. The third-order valence-electron chi connectivity index (χ3n) is 3.25. The summed E-state index contributed by atoms with van der Waals surface area (Å²) in [6.07, 6.45) is 7.08. The third-order valence-corrected chi connectivity index (χ3v) is 3.25. The molecule has 0 amide bonds. The summed E-state index contributed by atoms with van der Waals surface area (Å²) in [6.45, 7) is 2.11. The van der Waals surface area contributed by atoms with Crippen molar-refractivity contribution >= 4 is 5.78 Å². The van der Waals surface area contributed by atoms with Gasteiger partial charge in [0.1, 0.15) is 11.6 Å². The molecule has 1 aromatic rings. The zero-order chi connectivity index (χ0) is 11.4. The number of aryl methyl sites for hydroxylation is 1. The Labute approximate surface area is 96.1 Å². The predicted octanol–water partition coefficient (Wildman–Crippen LogP) is 0.921. The molecule has 88 valence electrons. The number of hydrogen-bond donors (Lipinski definition) is 1. The number of piperidine rings is 1. The number of hydrogen-bond acceptors (Lipinski definition) is 3. The number of carbonyl (C=O) groups excluding carboxylic acids is 1. The first-order valence-electron chi connectivity index (χ1n) is 5.94. The van der Waals surface area contributed by atoms with E-state index in [0.717, 1.165) is 31.8 Å². The number of rotatable bonds is 4. The second kappa shape index (κ2) is 5.25. The van der Waals surface area contributed by atoms with Crippen molar-refractivity contribution in [2.75, 3.05) is 13.1 Å². The van der Waals surface area contributed by atoms with Crippen LogP contribution in [0.2, 0.25) is 0 Å². The molecule has 0 saturated carbocycles. The molecule has 0 unspecified atom stereocenters. The fourth-order valence-corrected chi connectivity index (χ4v) is 2.22. The molecule has 2 rings (SSSR count). The second-order valence-corrected chi connectivity index (χ2v) is 4.57. The van der Waals surface area contributed by atoms with Crippen molar-refractivity contribution in [3.63, 3.8) is 0 Å². The summed E-state index contributed by atoms with van der Waals surface area (Å²) in [6, 6.07) is 0. The van der Waals surface area contributed by atoms with E-state index in [-0.39, 0.29) is 0 Å². The Balaban J connectivity index is 1.82. The Morgan fingerprint density at radius 2 is 2.31 bits per heavy atom. The maximum absolute atomic E-state index is 11.9. The van der Waals surface area contributed by atoms with Gasteiger partial charge >= 0.3 is 0 Å². The van der Waals surface area contributed by atoms with E-state index in [1.54, 1.807) is 6.20 Å². The largest absolute Gasteiger partial charge is 0.338 e. The van der Waals surface area contributed by atoms with Crippen LogP contribution in [0.5, 0.6) is 0 Å². The molecule has 2 heterocycles. The first-order valence-corrected chi connectivity index (χ1v) is 5.94. The Hall–Kier alpha value is -1.16. The molecule has 1 saturated heterocycles. The van der Waals surface area contributed by atoms with Crippen LogP contribution in [0.25, 0.3) is 0 Å². The smallest absolute Gasteiger partial charge is 0.140 e. The lowest BCUT2D eigenvalue weighted by atomic mass is 9.92. The summed E-state index contributed by atoms with van der Waals surface area (Å²) in [4.78, 5) is 16.0. The average molecular weight is 221 g/mol. The first-order chi connectivity index (χ1) is 7.75. The van der Waals surface area contributed by atoms with Gasteiger partial charge in [0.2, 0.25) is 0 Å². The van der Waals surface area contributed by atoms with Crippen LogP contribution in [-0.4, -0.2) is 28.4 Å². The number of carbonyl (C=O) groups is 1. The van der Waals surface area contributed by atoms with Gasteiger partial charge in [0, 0.05) is 25.9 Å². The second-order valence-electron chi connectivity index (χ2n) is 4.57. The topological polar surface area (TPSA) is 46.9 Å². The molecule has 0 radical (unpaired) electrons. The highest BCUT2D eigenvalue weighted by Gasteiger charge is 2.17. The number of nitrogens with one attached hydrogen (secondary N) is 1. The Morgan fingerprint density at radius 3 is 2.94 bits per heavy atom. The van der Waals surface area contributed by atoms with Gasteiger partial charge in [0.25, 0.3) is 0 Å². The Kier molecular flexibility index (Phi) is 3.72. The van der Waals surface area contributed by atoms with Crippen LogP contribution < -0.4 is 5.32 Å². The van der Waals surface area contributed by atoms with E-state index in [1.165, 1.54) is 0 Å². The van der Waals surface area contributed by atoms with Crippen molar-refractivity contribution in [2.45, 2.75) is 25.7 Å². The lowest BCUT2D eigenvalue weighted by molar-refractivity contribution is -0.119. The van der Waals surface area contributed by atoms with Crippen molar-refractivity contribution in [2.24, 2.45) is 13.0 Å². The number of ketones is 1. The van der Waals surface area contributed by atoms with E-state index in [9.17, 15) is 4.79 Å². The van der Waals surface area contributed by atoms with Crippen molar-refractivity contribution < 1.29 is 4.79 Å². The molecule has 1 aliphatic heterocycles. The molecule has 0 aliphatic carbocycles. The molecule has 0 atom stereocenters. The summed E-state index contributed by atoms with van der Waals surface area (Å²) in [7, 11) is 1.93. The van der Waals surface area contributed by atoms with Crippen LogP contribution in [0.1, 0.15) is 25.1 Å². The monoisotopic (exact) mass is 221 g/mol. The number of nitrogens with zero attached hydrogens (tertiary/aromatic N) is 2. The summed E-state index contributed by atoms with van der Waals surface area (Å²) in [5, 5.41) is 3.31. The highest BCUT2D eigenvalue weighted by Crippen LogP contribution is 2.17. The van der Waals surface area contributed by atoms with Crippen molar-refractivity contribution in [1.82, 2.24) is 14.9 Å². The quantitative estimate of drug-likeness (QED) is 0.822. The number of Topliss-reactive ketones (excluding diaryl/α,β-unsaturated/α-hetero) is 1. The van der Waals surface area contributed by atoms with Crippen molar-refractivity contribution in [3.8, 4) is 0 Å². The van der Waals surface area contributed by atoms with E-state index >= 15 is 0 Å². The fourth-order valence-electron chi connectivity index (χ4n) is 2.22. The van der Waals surface area contributed by atoms with Crippen molar-refractivity contribution in [3.05, 3.63) is 18.2 Å². The van der Waals surface area contributed by atoms with Gasteiger partial charge in [-0.1, -0.05) is 0 Å². The zero-order valence-electron chi connectivity index (χ0n) is 9.78. The normalized spacial score (nSPS) is 17.6. The van der Waals surface area contributed by atoms with E-state index in [2.05, 4.69) is 10.3 Å². The van der Waals surface area contributed by atoms with E-state index in [4.69, 9.17) is 0 Å². The van der Waals surface area contributed by atoms with Gasteiger partial charge in [-0.2, -0.15) is 0 Å². The molecule has 0 aromatic carbocycles. The van der Waals surface area contributed by atoms with Crippen molar-refractivity contribution in [1.29, 1.82) is 0 Å². The standard InChI is InChI=1S/C12H19N3O/c1-15-7-6-14-12(15)9-11(16)8-10-2-4-13-5-3-10/h6-7,10,13H,2-5,8-9H2,1H3. The number of imidazole rings is 1. The maximum atomic E-state index is 11.9. The van der Waals surface area contributed by atoms with Crippen LogP contribution >= 0.6 is 0 Å². The Morgan fingerprint density at radius 1 is 1.56 bits per heavy atom. The van der Waals surface area contributed by atoms with E-state index in [1.807, 2.05) is 17.8 Å². The molecule has 0 bridgehead atoms. The SMILES string of the molecule is Cn1ccnc1CC(=O)CC1CCNCC1. The third kappa shape index (κ3) is 2.92. The van der Waals surface area contributed by atoms with Crippen LogP contribution in [0.15, 0.2) is 12.4 Å². The van der Waals surface area contributed by atoms with Crippen LogP contribution in [-0.2, 0) is 18.3 Å². The average Bonchev–Trinajstić information content (AvgIpc) is 2.66. The molecule has 4 nitrogen and oxygen atoms in total. The lowest BCUT2D eigenvalue weighted by Crippen LogP contribution is -2.29. The van der Waals surface area contributed by atoms with Gasteiger partial charge in [-0.25, -0.2) is 4.98 Å². The van der Waals surface area contributed by atoms with E-state index in [0.29, 0.717) is 24.5 Å². The van der Waals surface area contributed by atoms with E-state index < -0.39 is 0 Å². The lowest BCUT2D eigenvalue weighted by Gasteiger charge is -2.21. The summed E-state index contributed by atoms with van der Waals surface area (Å²) >= 11 is 0. The minimum atomic E-state index is 0.321. The minimum absolute atomic E-state index is 0.321. The molecule has 4 heteroatoms. The van der Waals surface area contributed by atoms with Gasteiger partial charge in [-0.05, 0) is 31.8 Å². The molecule has 16 heavy (non-hydrogen) atoms. The van der Waals surface area contributed by atoms with Gasteiger partial charge in [-0.3, -0.25) is 4.79 Å². The fraction of sp³-hybridized carbons (Fsp3) is 0.667. The summed E-state index contributed by atoms with van der Waals surface area (Å²) < 4.78 is 1.92. The Bertz CT molecular complexity index is 353. The van der Waals surface area contributed by atoms with Gasteiger partial charge in [0.05, 0.1) is 6.42 Å². The van der Waals surface area contributed by atoms with Gasteiger partial charge in [-0.15, -0.1) is 0 Å². The minimum Gasteiger partial charge on any atom is -0.338 e. The van der Waals surface area contributed by atoms with Crippen LogP contribution in [0.4, 0.5) is 0 Å². The summed E-state index contributed by atoms with van der Waals surface area (Å²) in [5.41, 5.74) is 0. The highest BCUT2D eigenvalue weighted by atomic mass is 16.1. The molecular weight excluding hydrogens is 202 g/mol. The summed E-state index contributed by atoms with van der Waals surface area (Å²) in [5.74, 6) is 1.77. The highest BCUT2D eigenvalue weighted by molar-refractivity contribution is 5.80. The molecule has 1 aliphatic rings. The first kappa shape index (κ1) is 11.3. The molecular formula is C12H19N3O. The zero-order valence-corrected chi connectivity index (χ0v) is 9.78. The van der Waals surface area contributed by atoms with Gasteiger partial charge < -0.3 is 9.88 Å².